The van der Waals surface area contributed by atoms with Crippen LogP contribution in [0.4, 0.5) is 0 Å². The number of hydrogen-bond donors (Lipinski definition) is 1. The normalized spacial score (nSPS) is 43.8. The maximum absolute atomic E-state index is 11.0. The van der Waals surface area contributed by atoms with Crippen LogP contribution in [0.25, 0.3) is 0 Å². The summed E-state index contributed by atoms with van der Waals surface area (Å²) in [5.74, 6) is 1.17. The average molecular weight is 278 g/mol. The Hall–Kier alpha value is -0.300. The lowest BCUT2D eigenvalue weighted by Crippen LogP contribution is -2.57. The maximum Gasteiger partial charge on any atom is 0.0656 e. The van der Waals surface area contributed by atoms with Gasteiger partial charge in [-0.15, -0.1) is 0 Å². The number of hydrogen-bond acceptors (Lipinski definition) is 1. The summed E-state index contributed by atoms with van der Waals surface area (Å²) in [6.07, 6.45) is 9.51. The molecular weight excluding hydrogens is 244 g/mol. The summed E-state index contributed by atoms with van der Waals surface area (Å²) in [7, 11) is 0. The van der Waals surface area contributed by atoms with Gasteiger partial charge in [-0.05, 0) is 75.5 Å². The van der Waals surface area contributed by atoms with E-state index in [9.17, 15) is 5.11 Å². The van der Waals surface area contributed by atoms with Crippen LogP contribution in [-0.4, -0.2) is 10.7 Å². The minimum absolute atomic E-state index is 0.301. The first-order valence-corrected chi connectivity index (χ1v) is 8.45. The molecule has 0 heterocycles. The molecule has 0 aromatic heterocycles. The Bertz CT molecular complexity index is 387. The molecule has 1 N–H and O–H groups in total. The third-order valence-electron chi connectivity index (χ3n) is 6.52. The first kappa shape index (κ1) is 16.1. The average Bonchev–Trinajstić information content (AvgIpc) is 2.25. The van der Waals surface area contributed by atoms with Gasteiger partial charge in [0.2, 0.25) is 0 Å². The molecule has 4 atom stereocenters. The molecule has 0 aliphatic heterocycles. The fourth-order valence-electron chi connectivity index (χ4n) is 5.50. The largest absolute Gasteiger partial charge is 0.390 e. The zero-order valence-corrected chi connectivity index (χ0v) is 14.4. The van der Waals surface area contributed by atoms with Gasteiger partial charge >= 0.3 is 0 Å². The zero-order chi connectivity index (χ0) is 15.2. The van der Waals surface area contributed by atoms with E-state index in [1.165, 1.54) is 31.3 Å². The third-order valence-corrected chi connectivity index (χ3v) is 6.52. The van der Waals surface area contributed by atoms with E-state index < -0.39 is 5.60 Å². The van der Waals surface area contributed by atoms with Crippen LogP contribution in [0.5, 0.6) is 0 Å². The van der Waals surface area contributed by atoms with Crippen LogP contribution in [0, 0.1) is 22.7 Å². The van der Waals surface area contributed by atoms with E-state index in [1.807, 2.05) is 0 Å². The molecule has 2 aliphatic carbocycles. The van der Waals surface area contributed by atoms with Crippen LogP contribution in [0.15, 0.2) is 11.6 Å². The third kappa shape index (κ3) is 2.71. The topological polar surface area (TPSA) is 20.2 Å². The lowest BCUT2D eigenvalue weighted by molar-refractivity contribution is -0.165. The van der Waals surface area contributed by atoms with Gasteiger partial charge < -0.3 is 5.11 Å². The molecule has 0 unspecified atom stereocenters. The van der Waals surface area contributed by atoms with E-state index in [0.717, 1.165) is 18.8 Å². The first-order valence-electron chi connectivity index (χ1n) is 8.45. The molecule has 2 saturated carbocycles. The van der Waals surface area contributed by atoms with Gasteiger partial charge in [-0.1, -0.05) is 38.8 Å². The van der Waals surface area contributed by atoms with Crippen molar-refractivity contribution < 1.29 is 5.11 Å². The van der Waals surface area contributed by atoms with E-state index in [-0.39, 0.29) is 0 Å². The Morgan fingerprint density at radius 3 is 2.35 bits per heavy atom. The summed E-state index contributed by atoms with van der Waals surface area (Å²) in [4.78, 5) is 0. The Kier molecular flexibility index (Phi) is 4.15. The monoisotopic (exact) mass is 278 g/mol. The molecule has 2 aliphatic rings. The van der Waals surface area contributed by atoms with Crippen LogP contribution < -0.4 is 0 Å². The van der Waals surface area contributed by atoms with Gasteiger partial charge in [0.25, 0.3) is 0 Å². The molecular formula is C19H34O. The Labute approximate surface area is 125 Å². The molecule has 1 heteroatoms. The van der Waals surface area contributed by atoms with E-state index in [4.69, 9.17) is 0 Å². The lowest BCUT2D eigenvalue weighted by Gasteiger charge is -2.61. The molecule has 20 heavy (non-hydrogen) atoms. The predicted molar refractivity (Wildman–Crippen MR) is 86.6 cm³/mol. The molecule has 0 bridgehead atoms. The van der Waals surface area contributed by atoms with Crippen molar-refractivity contribution in [3.63, 3.8) is 0 Å². The number of rotatable bonds is 2. The van der Waals surface area contributed by atoms with Crippen LogP contribution in [0.2, 0.25) is 0 Å². The molecule has 116 valence electrons. The highest BCUT2D eigenvalue weighted by atomic mass is 16.3. The minimum atomic E-state index is -0.495. The Balaban J connectivity index is 2.35. The van der Waals surface area contributed by atoms with Gasteiger partial charge in [0.15, 0.2) is 0 Å². The van der Waals surface area contributed by atoms with Gasteiger partial charge in [0.1, 0.15) is 0 Å². The lowest BCUT2D eigenvalue weighted by atomic mass is 9.45. The summed E-state index contributed by atoms with van der Waals surface area (Å²) in [6, 6.07) is 0. The molecule has 0 radical (unpaired) electrons. The molecule has 0 spiro atoms. The molecule has 1 nitrogen and oxygen atoms in total. The van der Waals surface area contributed by atoms with Crippen molar-refractivity contribution in [1.82, 2.24) is 0 Å². The fraction of sp³-hybridized carbons (Fsp3) is 0.895. The summed E-state index contributed by atoms with van der Waals surface area (Å²) in [6.45, 7) is 13.8. The SMILES string of the molecule is CC(C)=CC[C@@H]1[C@@]2(C)CCCC(C)(C)[C@@H]2CC[C@@]1(C)O. The van der Waals surface area contributed by atoms with Crippen LogP contribution in [0.3, 0.4) is 0 Å². The van der Waals surface area contributed by atoms with Crippen molar-refractivity contribution in [2.75, 3.05) is 0 Å². The van der Waals surface area contributed by atoms with Crippen molar-refractivity contribution in [2.45, 2.75) is 85.7 Å². The first-order chi connectivity index (χ1) is 9.09. The second-order valence-corrected chi connectivity index (χ2v) is 8.87. The highest BCUT2D eigenvalue weighted by Gasteiger charge is 2.57. The Morgan fingerprint density at radius 2 is 1.75 bits per heavy atom. The van der Waals surface area contributed by atoms with Crippen LogP contribution in [0.1, 0.15) is 80.1 Å². The second-order valence-electron chi connectivity index (χ2n) is 8.87. The molecule has 2 rings (SSSR count). The zero-order valence-electron chi connectivity index (χ0n) is 14.4. The number of aliphatic hydroxyl groups is 1. The van der Waals surface area contributed by atoms with Gasteiger partial charge in [0, 0.05) is 0 Å². The van der Waals surface area contributed by atoms with Gasteiger partial charge in [-0.2, -0.15) is 0 Å². The van der Waals surface area contributed by atoms with Crippen molar-refractivity contribution >= 4 is 0 Å². The number of fused-ring (bicyclic) bond motifs is 1. The van der Waals surface area contributed by atoms with Gasteiger partial charge in [0.05, 0.1) is 5.60 Å². The molecule has 0 aromatic carbocycles. The summed E-state index contributed by atoms with van der Waals surface area (Å²) in [5, 5.41) is 11.0. The summed E-state index contributed by atoms with van der Waals surface area (Å²) >= 11 is 0. The Morgan fingerprint density at radius 1 is 1.10 bits per heavy atom. The van der Waals surface area contributed by atoms with E-state index in [1.54, 1.807) is 0 Å². The van der Waals surface area contributed by atoms with E-state index >= 15 is 0 Å². The second kappa shape index (κ2) is 5.16. The quantitative estimate of drug-likeness (QED) is 0.676. The molecule has 0 amide bonds. The smallest absolute Gasteiger partial charge is 0.0656 e. The minimum Gasteiger partial charge on any atom is -0.390 e. The molecule has 0 aromatic rings. The maximum atomic E-state index is 11.0. The van der Waals surface area contributed by atoms with Crippen molar-refractivity contribution in [3.8, 4) is 0 Å². The summed E-state index contributed by atoms with van der Waals surface area (Å²) in [5.41, 5.74) is 1.62. The molecule has 2 fully saturated rings. The van der Waals surface area contributed by atoms with Crippen LogP contribution in [-0.2, 0) is 0 Å². The summed E-state index contributed by atoms with van der Waals surface area (Å²) < 4.78 is 0. The van der Waals surface area contributed by atoms with Crippen LogP contribution >= 0.6 is 0 Å². The van der Waals surface area contributed by atoms with E-state index in [0.29, 0.717) is 16.7 Å². The number of allylic oxidation sites excluding steroid dienone is 2. The standard InChI is InChI=1S/C19H34O/c1-14(2)8-9-16-18(5)12-7-11-17(3,4)15(18)10-13-19(16,6)20/h8,15-16,20H,7,9-13H2,1-6H3/t15-,16+,18-,19+/m0/s1. The highest BCUT2D eigenvalue weighted by Crippen LogP contribution is 2.62. The van der Waals surface area contributed by atoms with Gasteiger partial charge in [-0.25, -0.2) is 0 Å². The fourth-order valence-corrected chi connectivity index (χ4v) is 5.50. The predicted octanol–water partition coefficient (Wildman–Crippen LogP) is 5.34. The van der Waals surface area contributed by atoms with Crippen molar-refractivity contribution in [3.05, 3.63) is 11.6 Å². The highest BCUT2D eigenvalue weighted by molar-refractivity contribution is 5.10. The molecule has 0 saturated heterocycles. The van der Waals surface area contributed by atoms with Gasteiger partial charge in [-0.3, -0.25) is 0 Å². The van der Waals surface area contributed by atoms with Crippen molar-refractivity contribution in [2.24, 2.45) is 22.7 Å². The van der Waals surface area contributed by atoms with E-state index in [2.05, 4.69) is 47.6 Å². The van der Waals surface area contributed by atoms with Crippen molar-refractivity contribution in [1.29, 1.82) is 0 Å².